The number of halogens is 1. The summed E-state index contributed by atoms with van der Waals surface area (Å²) in [6.45, 7) is 7.26. The van der Waals surface area contributed by atoms with Gasteiger partial charge in [0.2, 0.25) is 0 Å². The number of aromatic nitrogens is 1. The van der Waals surface area contributed by atoms with Gasteiger partial charge in [0, 0.05) is 28.2 Å². The third-order valence-corrected chi connectivity index (χ3v) is 3.99. The zero-order valence-electron chi connectivity index (χ0n) is 12.0. The molecule has 0 spiro atoms. The molecule has 1 aromatic carbocycles. The molecule has 0 aliphatic carbocycles. The zero-order valence-corrected chi connectivity index (χ0v) is 13.6. The molecule has 1 heterocycles. The zero-order chi connectivity index (χ0) is 14.6. The molecular formula is C16H19ClN2S. The number of rotatable bonds is 4. The second kappa shape index (κ2) is 6.61. The molecule has 4 heteroatoms. The van der Waals surface area contributed by atoms with Crippen molar-refractivity contribution in [1.29, 1.82) is 0 Å². The molecule has 2 rings (SSSR count). The van der Waals surface area contributed by atoms with Gasteiger partial charge >= 0.3 is 0 Å². The van der Waals surface area contributed by atoms with Crippen molar-refractivity contribution in [3.8, 4) is 0 Å². The van der Waals surface area contributed by atoms with Crippen molar-refractivity contribution in [3.05, 3.63) is 53.2 Å². The normalized spacial score (nSPS) is 11.6. The Morgan fingerprint density at radius 3 is 2.65 bits per heavy atom. The molecule has 1 N–H and O–H groups in total. The number of pyridine rings is 1. The van der Waals surface area contributed by atoms with Gasteiger partial charge in [0.05, 0.1) is 0 Å². The fraction of sp³-hybridized carbons (Fsp3) is 0.312. The fourth-order valence-corrected chi connectivity index (χ4v) is 2.74. The minimum Gasteiger partial charge on any atom is -0.308 e. The molecule has 0 aliphatic rings. The van der Waals surface area contributed by atoms with E-state index in [0.717, 1.165) is 16.6 Å². The summed E-state index contributed by atoms with van der Waals surface area (Å²) in [7, 11) is 0. The Bertz CT molecular complexity index is 564. The van der Waals surface area contributed by atoms with Crippen molar-refractivity contribution in [2.75, 3.05) is 0 Å². The van der Waals surface area contributed by atoms with Crippen molar-refractivity contribution >= 4 is 23.4 Å². The average Bonchev–Trinajstić information content (AvgIpc) is 2.39. The van der Waals surface area contributed by atoms with Crippen LogP contribution in [0.1, 0.15) is 26.3 Å². The molecular weight excluding hydrogens is 288 g/mol. The van der Waals surface area contributed by atoms with Crippen LogP contribution in [0.2, 0.25) is 5.02 Å². The Morgan fingerprint density at radius 2 is 2.00 bits per heavy atom. The summed E-state index contributed by atoms with van der Waals surface area (Å²) in [5.74, 6) is 0. The topological polar surface area (TPSA) is 24.9 Å². The van der Waals surface area contributed by atoms with Gasteiger partial charge in [-0.1, -0.05) is 29.4 Å². The van der Waals surface area contributed by atoms with Crippen molar-refractivity contribution in [2.45, 2.75) is 42.8 Å². The molecule has 0 saturated carbocycles. The second-order valence-electron chi connectivity index (χ2n) is 5.63. The minimum atomic E-state index is 0.0786. The predicted molar refractivity (Wildman–Crippen MR) is 86.4 cm³/mol. The van der Waals surface area contributed by atoms with E-state index in [-0.39, 0.29) is 5.54 Å². The highest BCUT2D eigenvalue weighted by molar-refractivity contribution is 7.99. The summed E-state index contributed by atoms with van der Waals surface area (Å²) in [5.41, 5.74) is 1.28. The maximum Gasteiger partial charge on any atom is 0.101 e. The van der Waals surface area contributed by atoms with E-state index in [4.69, 9.17) is 11.6 Å². The first kappa shape index (κ1) is 15.4. The Hall–Kier alpha value is -1.03. The van der Waals surface area contributed by atoms with Crippen LogP contribution in [-0.2, 0) is 6.54 Å². The Morgan fingerprint density at radius 1 is 1.20 bits per heavy atom. The maximum atomic E-state index is 6.12. The van der Waals surface area contributed by atoms with E-state index in [2.05, 4.69) is 37.1 Å². The van der Waals surface area contributed by atoms with E-state index in [1.807, 2.05) is 36.5 Å². The molecule has 0 atom stereocenters. The monoisotopic (exact) mass is 306 g/mol. The number of nitrogens with zero attached hydrogens (tertiary/aromatic N) is 1. The van der Waals surface area contributed by atoms with Crippen LogP contribution in [0.15, 0.2) is 52.5 Å². The van der Waals surface area contributed by atoms with Gasteiger partial charge in [-0.25, -0.2) is 4.98 Å². The maximum absolute atomic E-state index is 6.12. The van der Waals surface area contributed by atoms with Crippen molar-refractivity contribution in [3.63, 3.8) is 0 Å². The molecule has 0 aliphatic heterocycles. The van der Waals surface area contributed by atoms with E-state index in [1.54, 1.807) is 11.8 Å². The van der Waals surface area contributed by atoms with Crippen molar-refractivity contribution in [1.82, 2.24) is 10.3 Å². The molecule has 0 radical (unpaired) electrons. The van der Waals surface area contributed by atoms with Crippen LogP contribution >= 0.6 is 23.4 Å². The quantitative estimate of drug-likeness (QED) is 0.880. The molecule has 0 saturated heterocycles. The summed E-state index contributed by atoms with van der Waals surface area (Å²) in [6, 6.07) is 11.9. The highest BCUT2D eigenvalue weighted by atomic mass is 35.5. The summed E-state index contributed by atoms with van der Waals surface area (Å²) < 4.78 is 0. The van der Waals surface area contributed by atoms with Gasteiger partial charge in [0.15, 0.2) is 0 Å². The highest BCUT2D eigenvalue weighted by Crippen LogP contribution is 2.31. The molecule has 0 bridgehead atoms. The number of hydrogen-bond donors (Lipinski definition) is 1. The lowest BCUT2D eigenvalue weighted by molar-refractivity contribution is 0.422. The lowest BCUT2D eigenvalue weighted by atomic mass is 10.1. The smallest absolute Gasteiger partial charge is 0.101 e. The molecule has 20 heavy (non-hydrogen) atoms. The van der Waals surface area contributed by atoms with Gasteiger partial charge in [0.25, 0.3) is 0 Å². The predicted octanol–water partition coefficient (Wildman–Crippen LogP) is 4.77. The first-order chi connectivity index (χ1) is 9.44. The van der Waals surface area contributed by atoms with Gasteiger partial charge in [-0.3, -0.25) is 0 Å². The molecule has 2 nitrogen and oxygen atoms in total. The summed E-state index contributed by atoms with van der Waals surface area (Å²) >= 11 is 7.78. The lowest BCUT2D eigenvalue weighted by Crippen LogP contribution is -2.35. The van der Waals surface area contributed by atoms with Crippen LogP contribution in [0.3, 0.4) is 0 Å². The fourth-order valence-electron chi connectivity index (χ4n) is 1.67. The highest BCUT2D eigenvalue weighted by Gasteiger charge is 2.11. The van der Waals surface area contributed by atoms with Crippen LogP contribution in [0, 0.1) is 0 Å². The van der Waals surface area contributed by atoms with Crippen molar-refractivity contribution in [2.24, 2.45) is 0 Å². The van der Waals surface area contributed by atoms with Crippen LogP contribution in [-0.4, -0.2) is 10.5 Å². The van der Waals surface area contributed by atoms with Crippen LogP contribution in [0.25, 0.3) is 0 Å². The van der Waals surface area contributed by atoms with Crippen LogP contribution < -0.4 is 5.32 Å². The Labute approximate surface area is 130 Å². The average molecular weight is 307 g/mol. The molecule has 2 aromatic rings. The Balaban J connectivity index is 2.19. The minimum absolute atomic E-state index is 0.0786. The molecule has 0 amide bonds. The first-order valence-corrected chi connectivity index (χ1v) is 7.76. The van der Waals surface area contributed by atoms with E-state index in [0.29, 0.717) is 0 Å². The van der Waals surface area contributed by atoms with Gasteiger partial charge < -0.3 is 5.32 Å². The van der Waals surface area contributed by atoms with Gasteiger partial charge in [0.1, 0.15) is 5.03 Å². The Kier molecular flexibility index (Phi) is 5.08. The molecule has 0 fully saturated rings. The number of nitrogens with one attached hydrogen (secondary N) is 1. The van der Waals surface area contributed by atoms with E-state index < -0.39 is 0 Å². The number of benzene rings is 1. The summed E-state index contributed by atoms with van der Waals surface area (Å²) in [5, 5.41) is 5.26. The van der Waals surface area contributed by atoms with Gasteiger partial charge in [-0.05, 0) is 56.7 Å². The van der Waals surface area contributed by atoms with E-state index in [9.17, 15) is 0 Å². The summed E-state index contributed by atoms with van der Waals surface area (Å²) in [6.07, 6.45) is 1.81. The molecule has 106 valence electrons. The number of hydrogen-bond acceptors (Lipinski definition) is 3. The summed E-state index contributed by atoms with van der Waals surface area (Å²) in [4.78, 5) is 5.54. The SMILES string of the molecule is CC(C)(C)NCc1cc(Cl)ccc1Sc1ccccn1. The van der Waals surface area contributed by atoms with E-state index in [1.165, 1.54) is 10.5 Å². The second-order valence-corrected chi connectivity index (χ2v) is 7.12. The third kappa shape index (κ3) is 4.82. The van der Waals surface area contributed by atoms with Crippen LogP contribution in [0.5, 0.6) is 0 Å². The van der Waals surface area contributed by atoms with Gasteiger partial charge in [-0.15, -0.1) is 0 Å². The molecule has 0 unspecified atom stereocenters. The van der Waals surface area contributed by atoms with Crippen LogP contribution in [0.4, 0.5) is 0 Å². The van der Waals surface area contributed by atoms with E-state index >= 15 is 0 Å². The largest absolute Gasteiger partial charge is 0.308 e. The van der Waals surface area contributed by atoms with Gasteiger partial charge in [-0.2, -0.15) is 0 Å². The van der Waals surface area contributed by atoms with Crippen molar-refractivity contribution < 1.29 is 0 Å². The first-order valence-electron chi connectivity index (χ1n) is 6.56. The standard InChI is InChI=1S/C16H19ClN2S/c1-16(2,3)19-11-12-10-13(17)7-8-14(12)20-15-6-4-5-9-18-15/h4-10,19H,11H2,1-3H3. The molecule has 1 aromatic heterocycles. The third-order valence-electron chi connectivity index (χ3n) is 2.68. The lowest BCUT2D eigenvalue weighted by Gasteiger charge is -2.21.